The molecule has 0 N–H and O–H groups in total. The SMILES string of the molecule is CCOC(=O)/C(=C\c1cncc(C#C[Si](C)(C)C)c1)C(=O)C(C)C. The average molecular weight is 343 g/mol. The first kappa shape index (κ1) is 19.9. The van der Waals surface area contributed by atoms with Crippen molar-refractivity contribution < 1.29 is 14.3 Å². The molecule has 0 atom stereocenters. The third-order valence-electron chi connectivity index (χ3n) is 2.94. The number of hydrogen-bond donors (Lipinski definition) is 0. The van der Waals surface area contributed by atoms with Crippen LogP contribution in [0.4, 0.5) is 0 Å². The highest BCUT2D eigenvalue weighted by Crippen LogP contribution is 2.14. The monoisotopic (exact) mass is 343 g/mol. The van der Waals surface area contributed by atoms with Gasteiger partial charge in [-0.1, -0.05) is 39.4 Å². The van der Waals surface area contributed by atoms with Gasteiger partial charge in [0, 0.05) is 23.9 Å². The van der Waals surface area contributed by atoms with Crippen LogP contribution in [0.15, 0.2) is 24.0 Å². The fraction of sp³-hybridized carbons (Fsp3) is 0.421. The first-order valence-electron chi connectivity index (χ1n) is 8.05. The minimum absolute atomic E-state index is 0.0453. The summed E-state index contributed by atoms with van der Waals surface area (Å²) in [6, 6.07) is 1.83. The van der Waals surface area contributed by atoms with Crippen molar-refractivity contribution in [2.45, 2.75) is 40.4 Å². The molecule has 0 bridgehead atoms. The van der Waals surface area contributed by atoms with Gasteiger partial charge in [0.15, 0.2) is 5.78 Å². The van der Waals surface area contributed by atoms with Crippen LogP contribution in [0.1, 0.15) is 31.9 Å². The van der Waals surface area contributed by atoms with Crippen LogP contribution >= 0.6 is 0 Å². The van der Waals surface area contributed by atoms with Gasteiger partial charge in [0.1, 0.15) is 13.6 Å². The van der Waals surface area contributed by atoms with Gasteiger partial charge in [-0.15, -0.1) is 5.54 Å². The summed E-state index contributed by atoms with van der Waals surface area (Å²) < 4.78 is 5.00. The van der Waals surface area contributed by atoms with Crippen molar-refractivity contribution in [3.05, 3.63) is 35.2 Å². The van der Waals surface area contributed by atoms with E-state index in [-0.39, 0.29) is 23.9 Å². The number of pyridine rings is 1. The first-order valence-corrected chi connectivity index (χ1v) is 11.5. The zero-order chi connectivity index (χ0) is 18.3. The Hall–Kier alpha value is -2.19. The van der Waals surface area contributed by atoms with E-state index in [0.29, 0.717) is 5.56 Å². The van der Waals surface area contributed by atoms with Gasteiger partial charge in [0.25, 0.3) is 0 Å². The molecule has 0 fully saturated rings. The van der Waals surface area contributed by atoms with Crippen LogP contribution in [-0.4, -0.2) is 31.4 Å². The van der Waals surface area contributed by atoms with Gasteiger partial charge in [-0.05, 0) is 24.6 Å². The Bertz CT molecular complexity index is 703. The number of nitrogens with zero attached hydrogens (tertiary/aromatic N) is 1. The lowest BCUT2D eigenvalue weighted by atomic mass is 9.99. The summed E-state index contributed by atoms with van der Waals surface area (Å²) in [5.41, 5.74) is 4.75. The van der Waals surface area contributed by atoms with Crippen LogP contribution in [0.3, 0.4) is 0 Å². The smallest absolute Gasteiger partial charge is 0.341 e. The summed E-state index contributed by atoms with van der Waals surface area (Å²) in [6.45, 7) is 11.9. The Morgan fingerprint density at radius 2 is 1.96 bits per heavy atom. The second kappa shape index (κ2) is 8.60. The molecule has 5 heteroatoms. The van der Waals surface area contributed by atoms with Crippen molar-refractivity contribution in [3.63, 3.8) is 0 Å². The van der Waals surface area contributed by atoms with E-state index in [4.69, 9.17) is 4.74 Å². The lowest BCUT2D eigenvalue weighted by molar-refractivity contribution is -0.140. The molecule has 0 aliphatic heterocycles. The molecule has 0 spiro atoms. The summed E-state index contributed by atoms with van der Waals surface area (Å²) in [5.74, 6) is 1.99. The van der Waals surface area contributed by atoms with Gasteiger partial charge in [-0.3, -0.25) is 9.78 Å². The number of hydrogen-bond acceptors (Lipinski definition) is 4. The molecule has 1 heterocycles. The van der Waals surface area contributed by atoms with E-state index in [1.54, 1.807) is 33.2 Å². The van der Waals surface area contributed by atoms with Gasteiger partial charge < -0.3 is 4.74 Å². The molecular formula is C19H25NO3Si. The van der Waals surface area contributed by atoms with E-state index in [2.05, 4.69) is 36.1 Å². The normalized spacial score (nSPS) is 11.7. The lowest BCUT2D eigenvalue weighted by Crippen LogP contribution is -2.19. The highest BCUT2D eigenvalue weighted by molar-refractivity contribution is 6.83. The molecule has 0 aromatic carbocycles. The highest BCUT2D eigenvalue weighted by Gasteiger charge is 2.22. The number of carbonyl (C=O) groups is 2. The third kappa shape index (κ3) is 6.51. The Balaban J connectivity index is 3.24. The van der Waals surface area contributed by atoms with Gasteiger partial charge in [0.05, 0.1) is 6.61 Å². The summed E-state index contributed by atoms with van der Waals surface area (Å²) in [5, 5.41) is 0. The molecular weight excluding hydrogens is 318 g/mol. The van der Waals surface area contributed by atoms with E-state index in [1.807, 2.05) is 6.07 Å². The average Bonchev–Trinajstić information content (AvgIpc) is 2.50. The lowest BCUT2D eigenvalue weighted by Gasteiger charge is -2.09. The molecule has 0 aliphatic carbocycles. The summed E-state index contributed by atoms with van der Waals surface area (Å²) in [7, 11) is -1.48. The zero-order valence-electron chi connectivity index (χ0n) is 15.3. The first-order chi connectivity index (χ1) is 11.1. The van der Waals surface area contributed by atoms with E-state index >= 15 is 0 Å². The van der Waals surface area contributed by atoms with Crippen molar-refractivity contribution in [3.8, 4) is 11.5 Å². The van der Waals surface area contributed by atoms with Crippen LogP contribution in [0.25, 0.3) is 6.08 Å². The summed E-state index contributed by atoms with van der Waals surface area (Å²) >= 11 is 0. The number of Topliss-reactive ketones (excluding diaryl/α,β-unsaturated/α-hetero) is 1. The topological polar surface area (TPSA) is 56.3 Å². The second-order valence-electron chi connectivity index (χ2n) is 6.80. The fourth-order valence-corrected chi connectivity index (χ4v) is 2.30. The fourth-order valence-electron chi connectivity index (χ4n) is 1.78. The summed E-state index contributed by atoms with van der Waals surface area (Å²) in [4.78, 5) is 28.5. The predicted molar refractivity (Wildman–Crippen MR) is 98.9 cm³/mol. The minimum Gasteiger partial charge on any atom is -0.462 e. The molecule has 0 saturated carbocycles. The van der Waals surface area contributed by atoms with Crippen molar-refractivity contribution in [1.82, 2.24) is 4.98 Å². The molecule has 0 amide bonds. The molecule has 24 heavy (non-hydrogen) atoms. The van der Waals surface area contributed by atoms with Crippen LogP contribution in [0.5, 0.6) is 0 Å². The number of esters is 1. The summed E-state index contributed by atoms with van der Waals surface area (Å²) in [6.07, 6.45) is 4.82. The molecule has 0 saturated heterocycles. The van der Waals surface area contributed by atoms with E-state index < -0.39 is 14.0 Å². The Morgan fingerprint density at radius 1 is 1.29 bits per heavy atom. The van der Waals surface area contributed by atoms with Crippen LogP contribution < -0.4 is 0 Å². The molecule has 128 valence electrons. The number of ketones is 1. The maximum Gasteiger partial charge on any atom is 0.341 e. The van der Waals surface area contributed by atoms with Crippen LogP contribution in [0, 0.1) is 17.4 Å². The molecule has 1 aromatic rings. The molecule has 0 unspecified atom stereocenters. The van der Waals surface area contributed by atoms with Crippen molar-refractivity contribution in [2.75, 3.05) is 6.61 Å². The Morgan fingerprint density at radius 3 is 2.50 bits per heavy atom. The number of rotatable bonds is 5. The maximum atomic E-state index is 12.3. The van der Waals surface area contributed by atoms with Gasteiger partial charge in [-0.2, -0.15) is 0 Å². The molecule has 4 nitrogen and oxygen atoms in total. The highest BCUT2D eigenvalue weighted by atomic mass is 28.3. The van der Waals surface area contributed by atoms with E-state index in [1.165, 1.54) is 6.08 Å². The number of aromatic nitrogens is 1. The van der Waals surface area contributed by atoms with Crippen LogP contribution in [0.2, 0.25) is 19.6 Å². The number of carbonyl (C=O) groups excluding carboxylic acids is 2. The zero-order valence-corrected chi connectivity index (χ0v) is 16.3. The quantitative estimate of drug-likeness (QED) is 0.205. The molecule has 0 aliphatic rings. The van der Waals surface area contributed by atoms with E-state index in [0.717, 1.165) is 5.56 Å². The Kier molecular flexibility index (Phi) is 7.11. The predicted octanol–water partition coefficient (Wildman–Crippen LogP) is 3.48. The second-order valence-corrected chi connectivity index (χ2v) is 11.6. The molecule has 1 rings (SSSR count). The third-order valence-corrected chi connectivity index (χ3v) is 3.81. The van der Waals surface area contributed by atoms with Crippen LogP contribution in [-0.2, 0) is 14.3 Å². The molecule has 0 radical (unpaired) electrons. The van der Waals surface area contributed by atoms with Crippen molar-refractivity contribution in [2.24, 2.45) is 5.92 Å². The van der Waals surface area contributed by atoms with Crippen molar-refractivity contribution >= 4 is 25.9 Å². The number of ether oxygens (including phenoxy) is 1. The minimum atomic E-state index is -1.48. The van der Waals surface area contributed by atoms with Gasteiger partial charge >= 0.3 is 5.97 Å². The van der Waals surface area contributed by atoms with Gasteiger partial charge in [0.2, 0.25) is 0 Å². The molecule has 1 aromatic heterocycles. The van der Waals surface area contributed by atoms with Gasteiger partial charge in [-0.25, -0.2) is 4.79 Å². The van der Waals surface area contributed by atoms with Crippen molar-refractivity contribution in [1.29, 1.82) is 0 Å². The van der Waals surface area contributed by atoms with E-state index in [9.17, 15) is 9.59 Å². The Labute approximate surface area is 145 Å². The maximum absolute atomic E-state index is 12.3. The largest absolute Gasteiger partial charge is 0.462 e. The standard InChI is InChI=1S/C19H25NO3Si/c1-7-23-19(22)17(18(21)14(2)3)11-16-10-15(12-20-13-16)8-9-24(4,5)6/h10-14H,7H2,1-6H3/b17-11-.